The van der Waals surface area contributed by atoms with Crippen molar-refractivity contribution in [3.8, 4) is 0 Å². The number of nitrogens with one attached hydrogen (secondary N) is 1. The number of rotatable bonds is 2. The zero-order valence-electron chi connectivity index (χ0n) is 7.48. The van der Waals surface area contributed by atoms with Crippen LogP contribution in [0.5, 0.6) is 0 Å². The van der Waals surface area contributed by atoms with Crippen LogP contribution in [0, 0.1) is 6.92 Å². The Morgan fingerprint density at radius 2 is 2.38 bits per heavy atom. The molecule has 2 aromatic heterocycles. The lowest BCUT2D eigenvalue weighted by atomic mass is 10.4. The Labute approximate surface area is 80.2 Å². The van der Waals surface area contributed by atoms with Gasteiger partial charge in [-0.3, -0.25) is 4.68 Å². The van der Waals surface area contributed by atoms with Gasteiger partial charge in [-0.1, -0.05) is 0 Å². The van der Waals surface area contributed by atoms with E-state index >= 15 is 0 Å². The molecule has 2 aromatic rings. The van der Waals surface area contributed by atoms with E-state index in [9.17, 15) is 0 Å². The average molecular weight is 194 g/mol. The van der Waals surface area contributed by atoms with Gasteiger partial charge in [0.25, 0.3) is 0 Å². The van der Waals surface area contributed by atoms with Gasteiger partial charge in [0.15, 0.2) is 5.13 Å². The Balaban J connectivity index is 2.23. The van der Waals surface area contributed by atoms with Crippen molar-refractivity contribution in [1.29, 1.82) is 0 Å². The van der Waals surface area contributed by atoms with Crippen LogP contribution in [0.1, 0.15) is 5.69 Å². The molecule has 0 amide bonds. The predicted octanol–water partition coefficient (Wildman–Crippen LogP) is 1.93. The Kier molecular flexibility index (Phi) is 2.02. The van der Waals surface area contributed by atoms with Gasteiger partial charge in [-0.05, 0) is 6.92 Å². The summed E-state index contributed by atoms with van der Waals surface area (Å²) in [5.74, 6) is 0. The van der Waals surface area contributed by atoms with Crippen LogP contribution in [0.4, 0.5) is 10.8 Å². The first-order valence-corrected chi connectivity index (χ1v) is 4.80. The van der Waals surface area contributed by atoms with Crippen molar-refractivity contribution < 1.29 is 0 Å². The Hall–Kier alpha value is -1.36. The van der Waals surface area contributed by atoms with Crippen LogP contribution < -0.4 is 5.32 Å². The lowest BCUT2D eigenvalue weighted by molar-refractivity contribution is 0.756. The van der Waals surface area contributed by atoms with Crippen LogP contribution in [0.3, 0.4) is 0 Å². The molecule has 0 bridgehead atoms. The van der Waals surface area contributed by atoms with Crippen molar-refractivity contribution in [2.75, 3.05) is 5.32 Å². The van der Waals surface area contributed by atoms with Crippen LogP contribution in [-0.4, -0.2) is 14.8 Å². The number of nitrogens with zero attached hydrogens (tertiary/aromatic N) is 3. The summed E-state index contributed by atoms with van der Waals surface area (Å²) in [5, 5.41) is 10.3. The van der Waals surface area contributed by atoms with Crippen LogP contribution in [-0.2, 0) is 7.05 Å². The van der Waals surface area contributed by atoms with Gasteiger partial charge >= 0.3 is 0 Å². The second kappa shape index (κ2) is 3.18. The number of hydrogen-bond donors (Lipinski definition) is 1. The van der Waals surface area contributed by atoms with Gasteiger partial charge in [-0.15, -0.1) is 11.3 Å². The quantitative estimate of drug-likeness (QED) is 0.794. The number of aryl methyl sites for hydroxylation is 2. The van der Waals surface area contributed by atoms with Gasteiger partial charge in [-0.25, -0.2) is 4.98 Å². The van der Waals surface area contributed by atoms with Crippen molar-refractivity contribution in [2.45, 2.75) is 6.92 Å². The van der Waals surface area contributed by atoms with Gasteiger partial charge in [0.2, 0.25) is 0 Å². The highest BCUT2D eigenvalue weighted by molar-refractivity contribution is 7.13. The Bertz CT molecular complexity index is 390. The van der Waals surface area contributed by atoms with E-state index in [1.165, 1.54) is 0 Å². The van der Waals surface area contributed by atoms with E-state index in [1.54, 1.807) is 22.2 Å². The second-order valence-electron chi connectivity index (χ2n) is 2.76. The molecule has 0 unspecified atom stereocenters. The first-order valence-electron chi connectivity index (χ1n) is 3.92. The van der Waals surface area contributed by atoms with Crippen molar-refractivity contribution in [3.05, 3.63) is 23.5 Å². The molecule has 0 atom stereocenters. The zero-order chi connectivity index (χ0) is 9.26. The molecule has 13 heavy (non-hydrogen) atoms. The van der Waals surface area contributed by atoms with Crippen LogP contribution in [0.15, 0.2) is 17.8 Å². The molecule has 0 spiro atoms. The first-order chi connectivity index (χ1) is 6.25. The molecule has 4 nitrogen and oxygen atoms in total. The summed E-state index contributed by atoms with van der Waals surface area (Å²) in [4.78, 5) is 4.13. The van der Waals surface area contributed by atoms with E-state index in [1.807, 2.05) is 25.5 Å². The summed E-state index contributed by atoms with van der Waals surface area (Å²) in [5.41, 5.74) is 2.00. The Morgan fingerprint density at radius 3 is 2.92 bits per heavy atom. The summed E-state index contributed by atoms with van der Waals surface area (Å²) < 4.78 is 1.78. The third kappa shape index (κ3) is 1.70. The summed E-state index contributed by atoms with van der Waals surface area (Å²) >= 11 is 1.58. The molecule has 0 saturated heterocycles. The highest BCUT2D eigenvalue weighted by atomic mass is 32.1. The van der Waals surface area contributed by atoms with Crippen molar-refractivity contribution in [1.82, 2.24) is 14.8 Å². The summed E-state index contributed by atoms with van der Waals surface area (Å²) in [6.45, 7) is 1.97. The number of anilines is 2. The molecule has 0 aliphatic carbocycles. The van der Waals surface area contributed by atoms with E-state index in [-0.39, 0.29) is 0 Å². The maximum atomic E-state index is 4.22. The topological polar surface area (TPSA) is 42.7 Å². The number of thiazole rings is 1. The van der Waals surface area contributed by atoms with E-state index in [0.29, 0.717) is 0 Å². The standard InChI is InChI=1S/C8H10N4S/c1-6-7(5-12(2)11-6)10-8-9-3-4-13-8/h3-5H,1-2H3,(H,9,10). The molecular weight excluding hydrogens is 184 g/mol. The van der Waals surface area contributed by atoms with Gasteiger partial charge in [0.1, 0.15) is 0 Å². The lowest BCUT2D eigenvalue weighted by Crippen LogP contribution is -1.88. The third-order valence-electron chi connectivity index (χ3n) is 1.69. The molecule has 2 rings (SSSR count). The summed E-state index contributed by atoms with van der Waals surface area (Å²) in [7, 11) is 1.90. The van der Waals surface area contributed by atoms with Gasteiger partial charge in [0, 0.05) is 24.8 Å². The fourth-order valence-corrected chi connectivity index (χ4v) is 1.66. The largest absolute Gasteiger partial charge is 0.329 e. The predicted molar refractivity (Wildman–Crippen MR) is 53.3 cm³/mol. The van der Waals surface area contributed by atoms with Crippen LogP contribution >= 0.6 is 11.3 Å². The smallest absolute Gasteiger partial charge is 0.187 e. The normalized spacial score (nSPS) is 10.3. The molecule has 68 valence electrons. The summed E-state index contributed by atoms with van der Waals surface area (Å²) in [6.07, 6.45) is 3.72. The number of aromatic nitrogens is 3. The Morgan fingerprint density at radius 1 is 1.54 bits per heavy atom. The van der Waals surface area contributed by atoms with Crippen molar-refractivity contribution in [3.63, 3.8) is 0 Å². The minimum Gasteiger partial charge on any atom is -0.329 e. The van der Waals surface area contributed by atoms with E-state index in [0.717, 1.165) is 16.5 Å². The van der Waals surface area contributed by atoms with Gasteiger partial charge in [0.05, 0.1) is 11.4 Å². The fraction of sp³-hybridized carbons (Fsp3) is 0.250. The highest BCUT2D eigenvalue weighted by Gasteiger charge is 2.03. The van der Waals surface area contributed by atoms with Crippen molar-refractivity contribution >= 4 is 22.2 Å². The lowest BCUT2D eigenvalue weighted by Gasteiger charge is -1.97. The molecule has 0 aliphatic heterocycles. The monoisotopic (exact) mass is 194 g/mol. The van der Waals surface area contributed by atoms with E-state index in [4.69, 9.17) is 0 Å². The van der Waals surface area contributed by atoms with Crippen LogP contribution in [0.2, 0.25) is 0 Å². The molecule has 0 aromatic carbocycles. The molecule has 0 aliphatic rings. The minimum absolute atomic E-state index is 0.899. The molecular formula is C8H10N4S. The second-order valence-corrected chi connectivity index (χ2v) is 3.66. The molecule has 0 radical (unpaired) electrons. The maximum absolute atomic E-state index is 4.22. The molecule has 0 saturated carbocycles. The zero-order valence-corrected chi connectivity index (χ0v) is 8.30. The average Bonchev–Trinajstić information content (AvgIpc) is 2.63. The van der Waals surface area contributed by atoms with E-state index in [2.05, 4.69) is 15.4 Å². The maximum Gasteiger partial charge on any atom is 0.187 e. The molecule has 1 N–H and O–H groups in total. The SMILES string of the molecule is Cc1nn(C)cc1Nc1nccs1. The molecule has 5 heteroatoms. The highest BCUT2D eigenvalue weighted by Crippen LogP contribution is 2.20. The molecule has 2 heterocycles. The minimum atomic E-state index is 0.899. The van der Waals surface area contributed by atoms with Gasteiger partial charge < -0.3 is 5.32 Å². The fourth-order valence-electron chi connectivity index (χ4n) is 1.12. The first kappa shape index (κ1) is 8.25. The van der Waals surface area contributed by atoms with Crippen molar-refractivity contribution in [2.24, 2.45) is 7.05 Å². The third-order valence-corrected chi connectivity index (χ3v) is 2.38. The van der Waals surface area contributed by atoms with Gasteiger partial charge in [-0.2, -0.15) is 5.10 Å². The van der Waals surface area contributed by atoms with E-state index < -0.39 is 0 Å². The summed E-state index contributed by atoms with van der Waals surface area (Å²) in [6, 6.07) is 0. The molecule has 0 fully saturated rings. The number of hydrogen-bond acceptors (Lipinski definition) is 4. The van der Waals surface area contributed by atoms with Crippen LogP contribution in [0.25, 0.3) is 0 Å².